The zero-order valence-electron chi connectivity index (χ0n) is 12.9. The highest BCUT2D eigenvalue weighted by Crippen LogP contribution is 2.17. The monoisotopic (exact) mass is 303 g/mol. The lowest BCUT2D eigenvalue weighted by Crippen LogP contribution is -2.34. The van der Waals surface area contributed by atoms with Gasteiger partial charge in [-0.2, -0.15) is 0 Å². The summed E-state index contributed by atoms with van der Waals surface area (Å²) in [6.45, 7) is 5.18. The van der Waals surface area contributed by atoms with Crippen LogP contribution in [0.15, 0.2) is 30.3 Å². The first-order valence-corrected chi connectivity index (χ1v) is 8.05. The summed E-state index contributed by atoms with van der Waals surface area (Å²) in [5.74, 6) is 0. The molecule has 1 aromatic heterocycles. The third-order valence-electron chi connectivity index (χ3n) is 4.28. The normalized spacial score (nSPS) is 21.3. The van der Waals surface area contributed by atoms with Gasteiger partial charge in [0.1, 0.15) is 0 Å². The van der Waals surface area contributed by atoms with Crippen molar-refractivity contribution in [2.24, 2.45) is 0 Å². The Kier molecular flexibility index (Phi) is 5.10. The van der Waals surface area contributed by atoms with E-state index in [4.69, 9.17) is 5.11 Å². The highest BCUT2D eigenvalue weighted by Gasteiger charge is 2.21. The smallest absolute Gasteiger partial charge is 0.0793 e. The largest absolute Gasteiger partial charge is 0.396 e. The van der Waals surface area contributed by atoms with E-state index in [1.807, 2.05) is 6.07 Å². The number of aromatic nitrogens is 1. The number of nitrogens with one attached hydrogen (secondary N) is 1. The molecule has 0 spiro atoms. The van der Waals surface area contributed by atoms with Crippen LogP contribution in [-0.4, -0.2) is 70.4 Å². The third-order valence-corrected chi connectivity index (χ3v) is 4.28. The van der Waals surface area contributed by atoms with Crippen LogP contribution in [0, 0.1) is 0 Å². The molecule has 1 aromatic carbocycles. The summed E-state index contributed by atoms with van der Waals surface area (Å²) in [4.78, 5) is 8.00. The Morgan fingerprint density at radius 3 is 2.73 bits per heavy atom. The van der Waals surface area contributed by atoms with Crippen LogP contribution in [0.4, 0.5) is 0 Å². The number of aromatic amines is 1. The highest BCUT2D eigenvalue weighted by atomic mass is 16.3. The third kappa shape index (κ3) is 3.87. The number of fused-ring (bicyclic) bond motifs is 1. The van der Waals surface area contributed by atoms with E-state index in [1.165, 1.54) is 11.1 Å². The number of aliphatic hydroxyl groups excluding tert-OH is 2. The van der Waals surface area contributed by atoms with Crippen molar-refractivity contribution in [3.63, 3.8) is 0 Å². The molecule has 5 nitrogen and oxygen atoms in total. The second-order valence-corrected chi connectivity index (χ2v) is 6.15. The van der Waals surface area contributed by atoms with Gasteiger partial charge in [0, 0.05) is 57.1 Å². The maximum atomic E-state index is 10.2. The van der Waals surface area contributed by atoms with Gasteiger partial charge in [0.2, 0.25) is 0 Å². The van der Waals surface area contributed by atoms with Crippen LogP contribution in [-0.2, 0) is 6.54 Å². The molecule has 1 saturated heterocycles. The van der Waals surface area contributed by atoms with Gasteiger partial charge in [-0.25, -0.2) is 0 Å². The molecule has 1 fully saturated rings. The molecule has 0 bridgehead atoms. The number of hydrogen-bond acceptors (Lipinski definition) is 4. The van der Waals surface area contributed by atoms with E-state index < -0.39 is 0 Å². The Labute approximate surface area is 131 Å². The molecule has 0 amide bonds. The number of nitrogens with zero attached hydrogens (tertiary/aromatic N) is 2. The lowest BCUT2D eigenvalue weighted by Gasteiger charge is -2.20. The standard InChI is InChI=1S/C17H25N3O2/c21-9-3-6-19-7-8-20(13-16(22)12-19)11-15-10-14-4-1-2-5-17(14)18-15/h1-2,4-5,10,16,18,21-22H,3,6-9,11-13H2. The molecular weight excluding hydrogens is 278 g/mol. The maximum Gasteiger partial charge on any atom is 0.0793 e. The van der Waals surface area contributed by atoms with Crippen molar-refractivity contribution < 1.29 is 10.2 Å². The van der Waals surface area contributed by atoms with Gasteiger partial charge in [-0.15, -0.1) is 0 Å². The average molecular weight is 303 g/mol. The molecule has 2 heterocycles. The molecule has 1 atom stereocenters. The molecule has 0 radical (unpaired) electrons. The van der Waals surface area contributed by atoms with Crippen molar-refractivity contribution in [2.45, 2.75) is 19.1 Å². The van der Waals surface area contributed by atoms with Crippen LogP contribution in [0.25, 0.3) is 10.9 Å². The second kappa shape index (κ2) is 7.24. The Bertz CT molecular complexity index is 565. The first kappa shape index (κ1) is 15.5. The minimum atomic E-state index is -0.328. The molecule has 0 saturated carbocycles. The van der Waals surface area contributed by atoms with Crippen molar-refractivity contribution in [1.29, 1.82) is 0 Å². The van der Waals surface area contributed by atoms with Crippen molar-refractivity contribution in [1.82, 2.24) is 14.8 Å². The van der Waals surface area contributed by atoms with E-state index in [0.29, 0.717) is 13.1 Å². The van der Waals surface area contributed by atoms with Gasteiger partial charge in [0.05, 0.1) is 6.10 Å². The number of β-amino-alcohol motifs (C(OH)–C–C–N with tert-alkyl or cyclic N) is 1. The van der Waals surface area contributed by atoms with E-state index in [1.54, 1.807) is 0 Å². The summed E-state index contributed by atoms with van der Waals surface area (Å²) >= 11 is 0. The maximum absolute atomic E-state index is 10.2. The zero-order valence-corrected chi connectivity index (χ0v) is 12.9. The summed E-state index contributed by atoms with van der Waals surface area (Å²) < 4.78 is 0. The van der Waals surface area contributed by atoms with E-state index in [9.17, 15) is 5.11 Å². The van der Waals surface area contributed by atoms with Gasteiger partial charge in [0.15, 0.2) is 0 Å². The Balaban J connectivity index is 1.62. The fourth-order valence-electron chi connectivity index (χ4n) is 3.22. The van der Waals surface area contributed by atoms with Crippen molar-refractivity contribution in [3.8, 4) is 0 Å². The number of aliphatic hydroxyl groups is 2. The molecule has 3 rings (SSSR count). The fourth-order valence-corrected chi connectivity index (χ4v) is 3.22. The molecule has 120 valence electrons. The number of hydrogen-bond donors (Lipinski definition) is 3. The first-order chi connectivity index (χ1) is 10.7. The molecule has 1 aliphatic rings. The second-order valence-electron chi connectivity index (χ2n) is 6.15. The molecular formula is C17H25N3O2. The predicted octanol–water partition coefficient (Wildman–Crippen LogP) is 1.03. The zero-order chi connectivity index (χ0) is 15.4. The van der Waals surface area contributed by atoms with Gasteiger partial charge in [-0.05, 0) is 23.9 Å². The number of benzene rings is 1. The summed E-state index contributed by atoms with van der Waals surface area (Å²) in [6.07, 6.45) is 0.444. The summed E-state index contributed by atoms with van der Waals surface area (Å²) in [6, 6.07) is 10.5. The van der Waals surface area contributed by atoms with Crippen LogP contribution < -0.4 is 0 Å². The van der Waals surface area contributed by atoms with Crippen LogP contribution in [0.1, 0.15) is 12.1 Å². The topological polar surface area (TPSA) is 62.7 Å². The minimum Gasteiger partial charge on any atom is -0.396 e. The predicted molar refractivity (Wildman–Crippen MR) is 87.7 cm³/mol. The Morgan fingerprint density at radius 2 is 1.91 bits per heavy atom. The molecule has 1 aliphatic heterocycles. The molecule has 2 aromatic rings. The Morgan fingerprint density at radius 1 is 1.14 bits per heavy atom. The number of H-pyrrole nitrogens is 1. The van der Waals surface area contributed by atoms with Crippen molar-refractivity contribution in [3.05, 3.63) is 36.0 Å². The van der Waals surface area contributed by atoms with Gasteiger partial charge in [-0.3, -0.25) is 9.80 Å². The summed E-state index contributed by atoms with van der Waals surface area (Å²) in [5, 5.41) is 20.4. The number of para-hydroxylation sites is 1. The van der Waals surface area contributed by atoms with Crippen LogP contribution in [0.2, 0.25) is 0 Å². The van der Waals surface area contributed by atoms with E-state index in [-0.39, 0.29) is 12.7 Å². The quantitative estimate of drug-likeness (QED) is 0.772. The van der Waals surface area contributed by atoms with Gasteiger partial charge < -0.3 is 15.2 Å². The van der Waals surface area contributed by atoms with E-state index in [0.717, 1.165) is 38.1 Å². The van der Waals surface area contributed by atoms with Gasteiger partial charge in [-0.1, -0.05) is 18.2 Å². The average Bonchev–Trinajstić information content (AvgIpc) is 2.82. The van der Waals surface area contributed by atoms with Crippen molar-refractivity contribution in [2.75, 3.05) is 39.3 Å². The fraction of sp³-hybridized carbons (Fsp3) is 0.529. The molecule has 22 heavy (non-hydrogen) atoms. The lowest BCUT2D eigenvalue weighted by molar-refractivity contribution is 0.105. The van der Waals surface area contributed by atoms with Gasteiger partial charge in [0.25, 0.3) is 0 Å². The van der Waals surface area contributed by atoms with Crippen LogP contribution in [0.5, 0.6) is 0 Å². The molecule has 1 unspecified atom stereocenters. The van der Waals surface area contributed by atoms with E-state index in [2.05, 4.69) is 39.0 Å². The molecule has 5 heteroatoms. The van der Waals surface area contributed by atoms with Crippen LogP contribution in [0.3, 0.4) is 0 Å². The molecule has 0 aliphatic carbocycles. The number of rotatable bonds is 5. The summed E-state index contributed by atoms with van der Waals surface area (Å²) in [5.41, 5.74) is 2.36. The summed E-state index contributed by atoms with van der Waals surface area (Å²) in [7, 11) is 0. The Hall–Kier alpha value is -1.40. The van der Waals surface area contributed by atoms with Crippen LogP contribution >= 0.6 is 0 Å². The minimum absolute atomic E-state index is 0.214. The highest BCUT2D eigenvalue weighted by molar-refractivity contribution is 5.80. The first-order valence-electron chi connectivity index (χ1n) is 8.05. The molecule has 3 N–H and O–H groups in total. The van der Waals surface area contributed by atoms with Crippen molar-refractivity contribution >= 4 is 10.9 Å². The SMILES string of the molecule is OCCCN1CCN(Cc2cc3ccccc3[nH]2)CC(O)C1. The van der Waals surface area contributed by atoms with E-state index >= 15 is 0 Å². The lowest BCUT2D eigenvalue weighted by atomic mass is 10.2. The van der Waals surface area contributed by atoms with Gasteiger partial charge >= 0.3 is 0 Å².